The van der Waals surface area contributed by atoms with Crippen molar-refractivity contribution in [2.45, 2.75) is 13.8 Å². The molecule has 1 N–H and O–H groups in total. The smallest absolute Gasteiger partial charge is 0.411 e. The van der Waals surface area contributed by atoms with Gasteiger partial charge in [0.15, 0.2) is 0 Å². The van der Waals surface area contributed by atoms with Crippen molar-refractivity contribution < 1.29 is 14.5 Å². The predicted octanol–water partition coefficient (Wildman–Crippen LogP) is 2.09. The Hall–Kier alpha value is -2.37. The van der Waals surface area contributed by atoms with Gasteiger partial charge in [0.25, 0.3) is 0 Å². The monoisotopic (exact) mass is 250 g/mol. The summed E-state index contributed by atoms with van der Waals surface area (Å²) in [5, 5.41) is 13.6. The van der Waals surface area contributed by atoms with Gasteiger partial charge < -0.3 is 10.1 Å². The highest BCUT2D eigenvalue weighted by Crippen LogP contribution is 2.14. The first-order valence-corrected chi connectivity index (χ1v) is 5.23. The maximum atomic E-state index is 11.3. The molecule has 1 aromatic rings. The molecular weight excluding hydrogens is 236 g/mol. The molecule has 0 atom stereocenters. The number of anilines is 1. The summed E-state index contributed by atoms with van der Waals surface area (Å²) in [5.74, 6) is -0.975. The van der Waals surface area contributed by atoms with Gasteiger partial charge in [0.05, 0.1) is 17.7 Å². The quantitative estimate of drug-likeness (QED) is 0.383. The van der Waals surface area contributed by atoms with E-state index in [0.717, 1.165) is 12.7 Å². The number of benzene rings is 1. The molecule has 0 amide bonds. The second-order valence-electron chi connectivity index (χ2n) is 3.71. The van der Waals surface area contributed by atoms with Crippen LogP contribution in [0.25, 0.3) is 0 Å². The number of methoxy groups -OCH3 is 1. The fraction of sp³-hybridized carbons (Fsp3) is 0.250. The first-order chi connectivity index (χ1) is 8.45. The van der Waals surface area contributed by atoms with Crippen LogP contribution in [0.3, 0.4) is 0 Å². The molecule has 0 bridgehead atoms. The van der Waals surface area contributed by atoms with Crippen LogP contribution >= 0.6 is 0 Å². The Morgan fingerprint density at radius 3 is 2.33 bits per heavy atom. The van der Waals surface area contributed by atoms with E-state index >= 15 is 0 Å². The van der Waals surface area contributed by atoms with E-state index in [1.165, 1.54) is 6.92 Å². The SMILES string of the molecule is COC(=O)/C(=C(/C)Nc1ccc(C)cc1)[N+](=O)[O-]. The van der Waals surface area contributed by atoms with Crippen molar-refractivity contribution in [1.82, 2.24) is 0 Å². The number of aryl methyl sites for hydroxylation is 1. The lowest BCUT2D eigenvalue weighted by Gasteiger charge is -2.07. The Bertz CT molecular complexity index is 491. The maximum Gasteiger partial charge on any atom is 0.411 e. The number of hydrogen-bond donors (Lipinski definition) is 1. The van der Waals surface area contributed by atoms with Crippen molar-refractivity contribution in [3.8, 4) is 0 Å². The van der Waals surface area contributed by atoms with E-state index in [0.29, 0.717) is 5.69 Å². The molecule has 0 unspecified atom stereocenters. The van der Waals surface area contributed by atoms with Crippen molar-refractivity contribution in [1.29, 1.82) is 0 Å². The van der Waals surface area contributed by atoms with Crippen LogP contribution in [0.1, 0.15) is 12.5 Å². The molecule has 0 aliphatic carbocycles. The van der Waals surface area contributed by atoms with Gasteiger partial charge in [-0.1, -0.05) is 17.7 Å². The van der Waals surface area contributed by atoms with Gasteiger partial charge in [-0.15, -0.1) is 0 Å². The van der Waals surface area contributed by atoms with Crippen molar-refractivity contribution in [2.24, 2.45) is 0 Å². The fourth-order valence-electron chi connectivity index (χ4n) is 1.37. The molecule has 0 heterocycles. The zero-order valence-electron chi connectivity index (χ0n) is 10.4. The Balaban J connectivity index is 3.02. The molecule has 1 aromatic carbocycles. The van der Waals surface area contributed by atoms with Crippen LogP contribution in [0.15, 0.2) is 35.7 Å². The molecule has 0 radical (unpaired) electrons. The summed E-state index contributed by atoms with van der Waals surface area (Å²) in [7, 11) is 1.10. The molecular formula is C12H14N2O4. The third kappa shape index (κ3) is 3.31. The standard InChI is InChI=1S/C12H14N2O4/c1-8-4-6-10(7-5-8)13-9(2)11(14(16)17)12(15)18-3/h4-7,13H,1-3H3/b11-9+. The molecule has 0 aromatic heterocycles. The summed E-state index contributed by atoms with van der Waals surface area (Å²) >= 11 is 0. The largest absolute Gasteiger partial charge is 0.461 e. The van der Waals surface area contributed by atoms with E-state index in [9.17, 15) is 14.9 Å². The summed E-state index contributed by atoms with van der Waals surface area (Å²) < 4.78 is 4.37. The molecule has 0 saturated heterocycles. The highest BCUT2D eigenvalue weighted by atomic mass is 16.6. The minimum Gasteiger partial charge on any atom is -0.461 e. The average molecular weight is 250 g/mol. The molecule has 0 fully saturated rings. The number of allylic oxidation sites excluding steroid dienone is 1. The van der Waals surface area contributed by atoms with Crippen LogP contribution in [0.5, 0.6) is 0 Å². The lowest BCUT2D eigenvalue weighted by atomic mass is 10.2. The summed E-state index contributed by atoms with van der Waals surface area (Å²) in [5.41, 5.74) is 1.28. The Kier molecular flexibility index (Phi) is 4.42. The van der Waals surface area contributed by atoms with Gasteiger partial charge in [-0.2, -0.15) is 0 Å². The van der Waals surface area contributed by atoms with Crippen LogP contribution in [-0.4, -0.2) is 18.0 Å². The van der Waals surface area contributed by atoms with Crippen molar-refractivity contribution in [3.05, 3.63) is 51.3 Å². The highest BCUT2D eigenvalue weighted by Gasteiger charge is 2.26. The van der Waals surface area contributed by atoms with Gasteiger partial charge in [-0.05, 0) is 26.0 Å². The van der Waals surface area contributed by atoms with E-state index in [2.05, 4.69) is 10.1 Å². The summed E-state index contributed by atoms with van der Waals surface area (Å²) in [6, 6.07) is 7.26. The van der Waals surface area contributed by atoms with Crippen LogP contribution < -0.4 is 5.32 Å². The van der Waals surface area contributed by atoms with Gasteiger partial charge >= 0.3 is 11.7 Å². The molecule has 0 aliphatic rings. The maximum absolute atomic E-state index is 11.3. The van der Waals surface area contributed by atoms with E-state index in [4.69, 9.17) is 0 Å². The summed E-state index contributed by atoms with van der Waals surface area (Å²) in [6.45, 7) is 3.39. The first kappa shape index (κ1) is 13.7. The third-order valence-corrected chi connectivity index (χ3v) is 2.30. The normalized spacial score (nSPS) is 11.5. The van der Waals surface area contributed by atoms with Crippen molar-refractivity contribution >= 4 is 11.7 Å². The van der Waals surface area contributed by atoms with Crippen LogP contribution in [0.2, 0.25) is 0 Å². The summed E-state index contributed by atoms with van der Waals surface area (Å²) in [4.78, 5) is 21.3. The Morgan fingerprint density at radius 1 is 1.33 bits per heavy atom. The van der Waals surface area contributed by atoms with Gasteiger partial charge in [0.2, 0.25) is 0 Å². The van der Waals surface area contributed by atoms with Gasteiger partial charge in [0.1, 0.15) is 0 Å². The number of nitrogens with one attached hydrogen (secondary N) is 1. The fourth-order valence-corrected chi connectivity index (χ4v) is 1.37. The van der Waals surface area contributed by atoms with Gasteiger partial charge in [0, 0.05) is 5.69 Å². The lowest BCUT2D eigenvalue weighted by molar-refractivity contribution is -0.422. The zero-order chi connectivity index (χ0) is 13.7. The highest BCUT2D eigenvalue weighted by molar-refractivity contribution is 5.87. The number of carbonyl (C=O) groups excluding carboxylic acids is 1. The van der Waals surface area contributed by atoms with Gasteiger partial charge in [-0.3, -0.25) is 10.1 Å². The van der Waals surface area contributed by atoms with Crippen LogP contribution in [-0.2, 0) is 9.53 Å². The van der Waals surface area contributed by atoms with E-state index < -0.39 is 16.6 Å². The molecule has 0 spiro atoms. The number of hydrogen-bond acceptors (Lipinski definition) is 5. The zero-order valence-corrected chi connectivity index (χ0v) is 10.4. The topological polar surface area (TPSA) is 81.5 Å². The number of rotatable bonds is 4. The van der Waals surface area contributed by atoms with Crippen LogP contribution in [0, 0.1) is 17.0 Å². The molecule has 6 heteroatoms. The molecule has 18 heavy (non-hydrogen) atoms. The Labute approximate surface area is 104 Å². The lowest BCUT2D eigenvalue weighted by Crippen LogP contribution is -2.17. The molecule has 6 nitrogen and oxygen atoms in total. The summed E-state index contributed by atoms with van der Waals surface area (Å²) in [6.07, 6.45) is 0. The van der Waals surface area contributed by atoms with E-state index in [1.807, 2.05) is 19.1 Å². The molecule has 0 aliphatic heterocycles. The molecule has 1 rings (SSSR count). The number of carbonyl (C=O) groups is 1. The van der Waals surface area contributed by atoms with Crippen molar-refractivity contribution in [3.63, 3.8) is 0 Å². The minimum absolute atomic E-state index is 0.135. The van der Waals surface area contributed by atoms with Crippen LogP contribution in [0.4, 0.5) is 5.69 Å². The van der Waals surface area contributed by atoms with E-state index in [1.54, 1.807) is 12.1 Å². The number of ether oxygens (including phenoxy) is 1. The molecule has 0 saturated carbocycles. The van der Waals surface area contributed by atoms with Crippen molar-refractivity contribution in [2.75, 3.05) is 12.4 Å². The van der Waals surface area contributed by atoms with E-state index in [-0.39, 0.29) is 5.70 Å². The molecule has 96 valence electrons. The minimum atomic E-state index is -0.975. The first-order valence-electron chi connectivity index (χ1n) is 5.23. The van der Waals surface area contributed by atoms with Gasteiger partial charge in [-0.25, -0.2) is 4.79 Å². The number of esters is 1. The average Bonchev–Trinajstić information content (AvgIpc) is 2.31. The predicted molar refractivity (Wildman–Crippen MR) is 66.5 cm³/mol. The third-order valence-electron chi connectivity index (χ3n) is 2.30. The Morgan fingerprint density at radius 2 is 1.89 bits per heavy atom. The number of nitro groups is 1. The second-order valence-corrected chi connectivity index (χ2v) is 3.71. The number of nitrogens with zero attached hydrogens (tertiary/aromatic N) is 1. The second kappa shape index (κ2) is 5.81.